The second-order valence-corrected chi connectivity index (χ2v) is 9.30. The number of aromatic amines is 1. The van der Waals surface area contributed by atoms with E-state index in [0.717, 1.165) is 16.0 Å². The number of aromatic nitrogens is 2. The van der Waals surface area contributed by atoms with E-state index >= 15 is 0 Å². The average Bonchev–Trinajstić information content (AvgIpc) is 3.39. The van der Waals surface area contributed by atoms with Gasteiger partial charge in [0.15, 0.2) is 5.82 Å². The number of benzene rings is 2. The van der Waals surface area contributed by atoms with Gasteiger partial charge in [-0.25, -0.2) is 9.59 Å². The summed E-state index contributed by atoms with van der Waals surface area (Å²) >= 11 is 0. The highest BCUT2D eigenvalue weighted by Gasteiger charge is 2.38. The quantitative estimate of drug-likeness (QED) is 0.234. The molecule has 42 heavy (non-hydrogen) atoms. The van der Waals surface area contributed by atoms with Crippen LogP contribution < -0.4 is 16.4 Å². The Morgan fingerprint density at radius 2 is 1.74 bits per heavy atom. The Balaban J connectivity index is 1.35. The first kappa shape index (κ1) is 29.5. The number of aliphatic carboxylic acids is 1. The first-order chi connectivity index (χ1) is 20.2. The molecule has 1 aliphatic heterocycles. The molecule has 1 aromatic heterocycles. The van der Waals surface area contributed by atoms with Gasteiger partial charge in [0.1, 0.15) is 25.7 Å². The Morgan fingerprint density at radius 1 is 1.00 bits per heavy atom. The van der Waals surface area contributed by atoms with Gasteiger partial charge in [-0.15, -0.1) is 0 Å². The molecule has 0 bridgehead atoms. The maximum Gasteiger partial charge on any atom is 0.438 e. The van der Waals surface area contributed by atoms with E-state index in [-0.39, 0.29) is 38.2 Å². The lowest BCUT2D eigenvalue weighted by Gasteiger charge is -2.40. The maximum absolute atomic E-state index is 13.1. The number of carboxylic acids is 1. The Morgan fingerprint density at radius 3 is 2.40 bits per heavy atom. The standard InChI is InChI=1S/C27H28N6O9/c34-22(14-29-26(39)41-16-18-4-2-1-3-5-18)33-11-10-32(15-23(35)36)25(38)20(33)13-28-24(37)19-8-6-17(7-9-19)12-21-30-27(40)42-31-21/h1-9,20H,10-16H2,(H,28,37)(H,29,39)(H,35,36)(H,30,31,40)/t20-/m0/s1. The molecule has 15 heteroatoms. The molecule has 2 heterocycles. The molecule has 1 atom stereocenters. The van der Waals surface area contributed by atoms with Crippen LogP contribution in [-0.4, -0.2) is 93.6 Å². The van der Waals surface area contributed by atoms with Crippen molar-refractivity contribution >= 4 is 29.8 Å². The molecule has 15 nitrogen and oxygen atoms in total. The predicted octanol–water partition coefficient (Wildman–Crippen LogP) is -0.266. The van der Waals surface area contributed by atoms with Gasteiger partial charge in [-0.1, -0.05) is 47.6 Å². The summed E-state index contributed by atoms with van der Waals surface area (Å²) in [5.74, 6) is -3.36. The Bertz CT molecular complexity index is 1490. The van der Waals surface area contributed by atoms with E-state index in [1.807, 2.05) is 6.07 Å². The van der Waals surface area contributed by atoms with Crippen LogP contribution in [0.5, 0.6) is 0 Å². The van der Waals surface area contributed by atoms with Crippen molar-refractivity contribution in [2.24, 2.45) is 0 Å². The average molecular weight is 581 g/mol. The summed E-state index contributed by atoms with van der Waals surface area (Å²) in [4.78, 5) is 78.1. The van der Waals surface area contributed by atoms with Gasteiger partial charge in [-0.2, -0.15) is 0 Å². The number of nitrogens with one attached hydrogen (secondary N) is 3. The van der Waals surface area contributed by atoms with Crippen LogP contribution in [-0.2, 0) is 32.1 Å². The molecule has 0 radical (unpaired) electrons. The van der Waals surface area contributed by atoms with Crippen LogP contribution in [0.15, 0.2) is 63.9 Å². The van der Waals surface area contributed by atoms with Gasteiger partial charge in [0.05, 0.1) is 0 Å². The minimum atomic E-state index is -1.22. The largest absolute Gasteiger partial charge is 0.480 e. The van der Waals surface area contributed by atoms with Crippen molar-refractivity contribution in [2.45, 2.75) is 19.1 Å². The van der Waals surface area contributed by atoms with Gasteiger partial charge in [0.2, 0.25) is 11.8 Å². The van der Waals surface area contributed by atoms with Gasteiger partial charge in [0, 0.05) is 31.6 Å². The van der Waals surface area contributed by atoms with Crippen molar-refractivity contribution in [1.29, 1.82) is 0 Å². The smallest absolute Gasteiger partial charge is 0.438 e. The van der Waals surface area contributed by atoms with Crippen molar-refractivity contribution in [1.82, 2.24) is 30.6 Å². The maximum atomic E-state index is 13.1. The van der Waals surface area contributed by atoms with Crippen LogP contribution in [0.3, 0.4) is 0 Å². The van der Waals surface area contributed by atoms with E-state index in [1.165, 1.54) is 17.0 Å². The lowest BCUT2D eigenvalue weighted by molar-refractivity contribution is -0.154. The molecule has 2 aromatic carbocycles. The third kappa shape index (κ3) is 8.03. The Kier molecular flexibility index (Phi) is 9.65. The van der Waals surface area contributed by atoms with E-state index in [4.69, 9.17) is 4.74 Å². The third-order valence-corrected chi connectivity index (χ3v) is 6.36. The zero-order valence-electron chi connectivity index (χ0n) is 22.3. The normalized spacial score (nSPS) is 14.8. The molecule has 0 spiro atoms. The zero-order chi connectivity index (χ0) is 30.1. The predicted molar refractivity (Wildman–Crippen MR) is 143 cm³/mol. The molecule has 4 amide bonds. The number of carbonyl (C=O) groups excluding carboxylic acids is 4. The topological polar surface area (TPSA) is 204 Å². The second kappa shape index (κ2) is 13.7. The van der Waals surface area contributed by atoms with Gasteiger partial charge < -0.3 is 30.3 Å². The third-order valence-electron chi connectivity index (χ3n) is 6.36. The molecule has 3 aromatic rings. The number of hydrogen-bond acceptors (Lipinski definition) is 9. The van der Waals surface area contributed by atoms with Gasteiger partial charge in [-0.05, 0) is 23.3 Å². The molecule has 1 fully saturated rings. The van der Waals surface area contributed by atoms with E-state index in [2.05, 4.69) is 25.3 Å². The first-order valence-corrected chi connectivity index (χ1v) is 12.9. The van der Waals surface area contributed by atoms with E-state index in [9.17, 15) is 33.9 Å². The fourth-order valence-corrected chi connectivity index (χ4v) is 4.27. The number of carboxylic acid groups (broad SMARTS) is 1. The van der Waals surface area contributed by atoms with Crippen molar-refractivity contribution in [3.63, 3.8) is 0 Å². The highest BCUT2D eigenvalue weighted by Crippen LogP contribution is 2.13. The number of hydrogen-bond donors (Lipinski definition) is 4. The van der Waals surface area contributed by atoms with E-state index in [0.29, 0.717) is 5.82 Å². The van der Waals surface area contributed by atoms with Gasteiger partial charge in [-0.3, -0.25) is 28.7 Å². The minimum Gasteiger partial charge on any atom is -0.480 e. The van der Waals surface area contributed by atoms with Crippen molar-refractivity contribution in [3.8, 4) is 0 Å². The fourth-order valence-electron chi connectivity index (χ4n) is 4.27. The molecule has 4 N–H and O–H groups in total. The fraction of sp³-hybridized carbons (Fsp3) is 0.296. The number of carbonyl (C=O) groups is 5. The van der Waals surface area contributed by atoms with E-state index < -0.39 is 54.7 Å². The lowest BCUT2D eigenvalue weighted by atomic mass is 10.1. The van der Waals surface area contributed by atoms with Crippen LogP contribution in [0.4, 0.5) is 4.79 Å². The van der Waals surface area contributed by atoms with Crippen LogP contribution >= 0.6 is 0 Å². The molecule has 0 aliphatic carbocycles. The summed E-state index contributed by atoms with van der Waals surface area (Å²) in [6.45, 7) is -1.35. The van der Waals surface area contributed by atoms with Crippen molar-refractivity contribution in [2.75, 3.05) is 32.7 Å². The Hall–Kier alpha value is -5.47. The number of piperazine rings is 1. The number of ether oxygens (including phenoxy) is 1. The summed E-state index contributed by atoms with van der Waals surface area (Å²) in [6, 6.07) is 14.1. The number of H-pyrrole nitrogens is 1. The summed E-state index contributed by atoms with van der Waals surface area (Å²) in [7, 11) is 0. The summed E-state index contributed by atoms with van der Waals surface area (Å²) < 4.78 is 9.57. The summed E-state index contributed by atoms with van der Waals surface area (Å²) in [6.07, 6.45) is -0.555. The molecule has 0 unspecified atom stereocenters. The summed E-state index contributed by atoms with van der Waals surface area (Å²) in [5, 5.41) is 17.7. The van der Waals surface area contributed by atoms with E-state index in [1.54, 1.807) is 36.4 Å². The van der Waals surface area contributed by atoms with Gasteiger partial charge in [0.25, 0.3) is 5.91 Å². The lowest BCUT2D eigenvalue weighted by Crippen LogP contribution is -2.63. The number of rotatable bonds is 11. The van der Waals surface area contributed by atoms with Crippen molar-refractivity contribution in [3.05, 3.63) is 87.7 Å². The van der Waals surface area contributed by atoms with Gasteiger partial charge >= 0.3 is 17.8 Å². The number of nitrogens with zero attached hydrogens (tertiary/aromatic N) is 3. The summed E-state index contributed by atoms with van der Waals surface area (Å²) in [5.41, 5.74) is 1.77. The number of alkyl carbamates (subject to hydrolysis) is 1. The molecular weight excluding hydrogens is 552 g/mol. The molecular formula is C27H28N6O9. The van der Waals surface area contributed by atoms with Crippen LogP contribution in [0.1, 0.15) is 27.3 Å². The van der Waals surface area contributed by atoms with Crippen molar-refractivity contribution < 1.29 is 38.3 Å². The van der Waals surface area contributed by atoms with Crippen LogP contribution in [0.2, 0.25) is 0 Å². The second-order valence-electron chi connectivity index (χ2n) is 9.30. The highest BCUT2D eigenvalue weighted by atomic mass is 16.5. The molecule has 1 saturated heterocycles. The number of amides is 4. The Labute approximate surface area is 238 Å². The monoisotopic (exact) mass is 580 g/mol. The van der Waals surface area contributed by atoms with Crippen LogP contribution in [0, 0.1) is 0 Å². The first-order valence-electron chi connectivity index (χ1n) is 12.9. The highest BCUT2D eigenvalue weighted by molar-refractivity contribution is 5.96. The molecule has 4 rings (SSSR count). The van der Waals surface area contributed by atoms with Crippen LogP contribution in [0.25, 0.3) is 0 Å². The zero-order valence-corrected chi connectivity index (χ0v) is 22.3. The molecule has 0 saturated carbocycles. The SMILES string of the molecule is O=C(O)CN1CCN(C(=O)CNC(=O)OCc2ccccc2)[C@@H](CNC(=O)c2ccc(Cc3noc(=O)[nH]3)cc2)C1=O. The molecule has 220 valence electrons. The minimum absolute atomic E-state index is 0.00201. The molecule has 1 aliphatic rings.